The molecule has 0 saturated heterocycles. The van der Waals surface area contributed by atoms with Crippen LogP contribution < -0.4 is 5.48 Å². The Balaban J connectivity index is 1.88. The summed E-state index contributed by atoms with van der Waals surface area (Å²) in [6, 6.07) is 4.37. The molecular weight excluding hydrogens is 269 g/mol. The van der Waals surface area contributed by atoms with Gasteiger partial charge >= 0.3 is 0 Å². The van der Waals surface area contributed by atoms with Crippen LogP contribution in [-0.2, 0) is 9.63 Å². The van der Waals surface area contributed by atoms with Crippen LogP contribution in [0.15, 0.2) is 24.3 Å². The van der Waals surface area contributed by atoms with Gasteiger partial charge in [-0.15, -0.1) is 0 Å². The minimum absolute atomic E-state index is 0.0920. The van der Waals surface area contributed by atoms with Crippen molar-refractivity contribution in [3.8, 4) is 0 Å². The van der Waals surface area contributed by atoms with E-state index in [4.69, 9.17) is 16.4 Å². The minimum Gasteiger partial charge on any atom is -0.270 e. The Bertz CT molecular complexity index is 464. The summed E-state index contributed by atoms with van der Waals surface area (Å²) in [4.78, 5) is 16.7. The number of hydroxylamine groups is 1. The zero-order valence-corrected chi connectivity index (χ0v) is 11.1. The van der Waals surface area contributed by atoms with E-state index in [1.807, 2.05) is 0 Å². The van der Waals surface area contributed by atoms with Gasteiger partial charge in [-0.25, -0.2) is 9.87 Å². The van der Waals surface area contributed by atoms with Gasteiger partial charge < -0.3 is 0 Å². The molecular formula is C14H15ClFNO2. The van der Waals surface area contributed by atoms with Gasteiger partial charge in [0, 0.05) is 11.6 Å². The second kappa shape index (κ2) is 6.68. The van der Waals surface area contributed by atoms with Crippen LogP contribution in [0.1, 0.15) is 31.2 Å². The molecule has 0 unspecified atom stereocenters. The summed E-state index contributed by atoms with van der Waals surface area (Å²) < 4.78 is 13.4. The molecule has 2 rings (SSSR count). The van der Waals surface area contributed by atoms with E-state index < -0.39 is 11.7 Å². The quantitative estimate of drug-likeness (QED) is 0.679. The fourth-order valence-electron chi connectivity index (χ4n) is 2.01. The first-order valence-corrected chi connectivity index (χ1v) is 6.62. The number of hydrogen-bond acceptors (Lipinski definition) is 2. The summed E-state index contributed by atoms with van der Waals surface area (Å²) in [5.74, 6) is -0.889. The predicted octanol–water partition coefficient (Wildman–Crippen LogP) is 3.48. The molecule has 0 radical (unpaired) electrons. The van der Waals surface area contributed by atoms with Crippen molar-refractivity contribution < 1.29 is 14.0 Å². The Morgan fingerprint density at radius 3 is 2.84 bits per heavy atom. The maximum absolute atomic E-state index is 13.4. The molecule has 1 N–H and O–H groups in total. The van der Waals surface area contributed by atoms with E-state index >= 15 is 0 Å². The molecule has 0 aliphatic heterocycles. The summed E-state index contributed by atoms with van der Waals surface area (Å²) in [7, 11) is 0. The molecule has 1 aliphatic carbocycles. The van der Waals surface area contributed by atoms with E-state index in [2.05, 4.69) is 5.48 Å². The van der Waals surface area contributed by atoms with Crippen molar-refractivity contribution in [3.05, 3.63) is 40.7 Å². The van der Waals surface area contributed by atoms with Crippen LogP contribution in [0.3, 0.4) is 0 Å². The summed E-state index contributed by atoms with van der Waals surface area (Å²) in [5, 5.41) is 0.265. The van der Waals surface area contributed by atoms with Gasteiger partial charge in [0.05, 0.1) is 11.1 Å². The van der Waals surface area contributed by atoms with Crippen molar-refractivity contribution in [2.45, 2.75) is 31.8 Å². The highest BCUT2D eigenvalue weighted by Gasteiger charge is 2.16. The normalized spacial score (nSPS) is 16.1. The van der Waals surface area contributed by atoms with Gasteiger partial charge in [0.2, 0.25) is 0 Å². The lowest BCUT2D eigenvalue weighted by Gasteiger charge is -2.09. The van der Waals surface area contributed by atoms with Crippen LogP contribution in [-0.4, -0.2) is 12.0 Å². The van der Waals surface area contributed by atoms with Gasteiger partial charge in [-0.1, -0.05) is 30.5 Å². The number of halogens is 2. The lowest BCUT2D eigenvalue weighted by atomic mass is 10.2. The first-order chi connectivity index (χ1) is 9.16. The molecule has 1 saturated carbocycles. The van der Waals surface area contributed by atoms with Crippen molar-refractivity contribution in [2.24, 2.45) is 0 Å². The Morgan fingerprint density at radius 1 is 1.42 bits per heavy atom. The van der Waals surface area contributed by atoms with Gasteiger partial charge in [0.1, 0.15) is 5.82 Å². The molecule has 0 atom stereocenters. The van der Waals surface area contributed by atoms with Gasteiger partial charge in [-0.05, 0) is 31.1 Å². The fraction of sp³-hybridized carbons (Fsp3) is 0.357. The SMILES string of the molecule is O=C(/C=C/c1c(F)cccc1Cl)NOC1CCCC1. The molecule has 19 heavy (non-hydrogen) atoms. The van der Waals surface area contributed by atoms with Gasteiger partial charge in [0.25, 0.3) is 5.91 Å². The third-order valence-corrected chi connectivity index (χ3v) is 3.36. The Kier molecular flexibility index (Phi) is 4.93. The van der Waals surface area contributed by atoms with Crippen molar-refractivity contribution in [3.63, 3.8) is 0 Å². The van der Waals surface area contributed by atoms with E-state index in [1.54, 1.807) is 6.07 Å². The maximum Gasteiger partial charge on any atom is 0.267 e. The molecule has 0 spiro atoms. The molecule has 5 heteroatoms. The van der Waals surface area contributed by atoms with Crippen molar-refractivity contribution in [1.29, 1.82) is 0 Å². The third-order valence-electron chi connectivity index (χ3n) is 3.03. The van der Waals surface area contributed by atoms with Crippen molar-refractivity contribution in [2.75, 3.05) is 0 Å². The number of rotatable bonds is 4. The number of nitrogens with one attached hydrogen (secondary N) is 1. The fourth-order valence-corrected chi connectivity index (χ4v) is 2.24. The van der Waals surface area contributed by atoms with Gasteiger partial charge in [0.15, 0.2) is 0 Å². The van der Waals surface area contributed by atoms with Crippen molar-refractivity contribution in [1.82, 2.24) is 5.48 Å². The highest BCUT2D eigenvalue weighted by atomic mass is 35.5. The lowest BCUT2D eigenvalue weighted by molar-refractivity contribution is -0.132. The van der Waals surface area contributed by atoms with Crippen LogP contribution in [0.5, 0.6) is 0 Å². The second-order valence-electron chi connectivity index (χ2n) is 4.46. The number of carbonyl (C=O) groups is 1. The molecule has 1 aliphatic rings. The zero-order valence-electron chi connectivity index (χ0n) is 10.4. The molecule has 0 heterocycles. The molecule has 1 amide bonds. The predicted molar refractivity (Wildman–Crippen MR) is 71.9 cm³/mol. The first-order valence-electron chi connectivity index (χ1n) is 6.24. The number of carbonyl (C=O) groups excluding carboxylic acids is 1. The van der Waals surface area contributed by atoms with Gasteiger partial charge in [-0.3, -0.25) is 9.63 Å². The van der Waals surface area contributed by atoms with E-state index in [-0.39, 0.29) is 16.7 Å². The average molecular weight is 284 g/mol. The van der Waals surface area contributed by atoms with Gasteiger partial charge in [-0.2, -0.15) is 0 Å². The zero-order chi connectivity index (χ0) is 13.7. The standard InChI is InChI=1S/C14H15ClFNO2/c15-12-6-3-7-13(16)11(12)8-9-14(18)17-19-10-4-1-2-5-10/h3,6-10H,1-2,4-5H2,(H,17,18)/b9-8+. The smallest absolute Gasteiger partial charge is 0.267 e. The second-order valence-corrected chi connectivity index (χ2v) is 4.87. The molecule has 0 aromatic heterocycles. The van der Waals surface area contributed by atoms with E-state index in [1.165, 1.54) is 24.3 Å². The van der Waals surface area contributed by atoms with E-state index in [9.17, 15) is 9.18 Å². The van der Waals surface area contributed by atoms with Crippen LogP contribution in [0, 0.1) is 5.82 Å². The Morgan fingerprint density at radius 2 is 2.16 bits per heavy atom. The summed E-state index contributed by atoms with van der Waals surface area (Å²) in [5.41, 5.74) is 2.54. The summed E-state index contributed by atoms with van der Waals surface area (Å²) in [6.07, 6.45) is 6.81. The highest BCUT2D eigenvalue weighted by molar-refractivity contribution is 6.32. The summed E-state index contributed by atoms with van der Waals surface area (Å²) >= 11 is 5.84. The topological polar surface area (TPSA) is 38.3 Å². The Hall–Kier alpha value is -1.39. The van der Waals surface area contributed by atoms with Crippen molar-refractivity contribution >= 4 is 23.6 Å². The third kappa shape index (κ3) is 4.04. The highest BCUT2D eigenvalue weighted by Crippen LogP contribution is 2.21. The number of hydrogen-bond donors (Lipinski definition) is 1. The maximum atomic E-state index is 13.4. The molecule has 1 aromatic carbocycles. The van der Waals surface area contributed by atoms with E-state index in [0.29, 0.717) is 0 Å². The lowest BCUT2D eigenvalue weighted by Crippen LogP contribution is -2.26. The number of benzene rings is 1. The molecule has 1 aromatic rings. The van der Waals surface area contributed by atoms with Crippen LogP contribution in [0.4, 0.5) is 4.39 Å². The number of amides is 1. The first kappa shape index (κ1) is 14.0. The van der Waals surface area contributed by atoms with Crippen LogP contribution in [0.2, 0.25) is 5.02 Å². The van der Waals surface area contributed by atoms with Crippen LogP contribution >= 0.6 is 11.6 Å². The molecule has 102 valence electrons. The van der Waals surface area contributed by atoms with E-state index in [0.717, 1.165) is 25.7 Å². The van der Waals surface area contributed by atoms with Crippen LogP contribution in [0.25, 0.3) is 6.08 Å². The molecule has 1 fully saturated rings. The monoisotopic (exact) mass is 283 g/mol. The molecule has 0 bridgehead atoms. The molecule has 3 nitrogen and oxygen atoms in total. The minimum atomic E-state index is -0.465. The largest absolute Gasteiger partial charge is 0.270 e. The average Bonchev–Trinajstić information content (AvgIpc) is 2.89. The summed E-state index contributed by atoms with van der Waals surface area (Å²) in [6.45, 7) is 0. The Labute approximate surface area is 116 Å².